The lowest BCUT2D eigenvalue weighted by molar-refractivity contribution is -0.384. The number of hydrogen-bond acceptors (Lipinski definition) is 6. The van der Waals surface area contributed by atoms with Crippen LogP contribution in [0.4, 0.5) is 11.4 Å². The molecule has 0 aliphatic carbocycles. The molecule has 2 aromatic carbocycles. The number of rotatable bonds is 7. The summed E-state index contributed by atoms with van der Waals surface area (Å²) in [6, 6.07) is 9.88. The second-order valence-corrected chi connectivity index (χ2v) is 5.57. The van der Waals surface area contributed by atoms with E-state index in [-0.39, 0.29) is 18.0 Å². The summed E-state index contributed by atoms with van der Waals surface area (Å²) in [5.41, 5.74) is 3.33. The Bertz CT molecular complexity index is 849. The molecule has 0 aliphatic heterocycles. The standard InChI is InChI=1S/C18H19N3O5/c1-12-4-5-13(2)14(8-12)11-26-19-10-18(22)20-16-7-6-15(21(23)24)9-17(16)25-3/h4-10H,11H2,1-3H3,(H,20,22)/b19-10-. The van der Waals surface area contributed by atoms with Crippen LogP contribution in [0.2, 0.25) is 0 Å². The van der Waals surface area contributed by atoms with E-state index in [1.54, 1.807) is 0 Å². The maximum absolute atomic E-state index is 11.9. The quantitative estimate of drug-likeness (QED) is 0.465. The molecule has 0 saturated heterocycles. The lowest BCUT2D eigenvalue weighted by atomic mass is 10.1. The Morgan fingerprint density at radius 1 is 1.27 bits per heavy atom. The fourth-order valence-electron chi connectivity index (χ4n) is 2.21. The minimum absolute atomic E-state index is 0.134. The van der Waals surface area contributed by atoms with Crippen molar-refractivity contribution in [1.82, 2.24) is 0 Å². The first-order chi connectivity index (χ1) is 12.4. The summed E-state index contributed by atoms with van der Waals surface area (Å²) in [4.78, 5) is 27.3. The van der Waals surface area contributed by atoms with Crippen LogP contribution in [0.5, 0.6) is 5.75 Å². The number of amides is 1. The van der Waals surface area contributed by atoms with Gasteiger partial charge in [-0.15, -0.1) is 0 Å². The minimum atomic E-state index is -0.545. The topological polar surface area (TPSA) is 103 Å². The van der Waals surface area contributed by atoms with E-state index in [1.165, 1.54) is 25.3 Å². The molecule has 2 rings (SSSR count). The largest absolute Gasteiger partial charge is 0.494 e. The Labute approximate surface area is 150 Å². The maximum atomic E-state index is 11.9. The number of benzene rings is 2. The molecule has 0 heterocycles. The van der Waals surface area contributed by atoms with E-state index in [0.717, 1.165) is 22.9 Å². The fraction of sp³-hybridized carbons (Fsp3) is 0.222. The van der Waals surface area contributed by atoms with E-state index in [1.807, 2.05) is 32.0 Å². The zero-order valence-electron chi connectivity index (χ0n) is 14.7. The van der Waals surface area contributed by atoms with E-state index in [0.29, 0.717) is 5.69 Å². The lowest BCUT2D eigenvalue weighted by Crippen LogP contribution is -2.13. The van der Waals surface area contributed by atoms with Crippen molar-refractivity contribution in [2.75, 3.05) is 12.4 Å². The van der Waals surface area contributed by atoms with Gasteiger partial charge in [-0.1, -0.05) is 28.9 Å². The van der Waals surface area contributed by atoms with Crippen LogP contribution in [0, 0.1) is 24.0 Å². The van der Waals surface area contributed by atoms with Gasteiger partial charge in [-0.2, -0.15) is 0 Å². The molecule has 26 heavy (non-hydrogen) atoms. The van der Waals surface area contributed by atoms with Gasteiger partial charge < -0.3 is 14.9 Å². The molecule has 8 nitrogen and oxygen atoms in total. The third kappa shape index (κ3) is 5.04. The molecule has 0 spiro atoms. The monoisotopic (exact) mass is 357 g/mol. The average molecular weight is 357 g/mol. The first-order valence-electron chi connectivity index (χ1n) is 7.75. The van der Waals surface area contributed by atoms with Crippen molar-refractivity contribution < 1.29 is 19.3 Å². The van der Waals surface area contributed by atoms with E-state index in [9.17, 15) is 14.9 Å². The molecule has 0 aliphatic rings. The summed E-state index contributed by atoms with van der Waals surface area (Å²) in [6.45, 7) is 4.20. The van der Waals surface area contributed by atoms with Crippen LogP contribution < -0.4 is 10.1 Å². The Kier molecular flexibility index (Phi) is 6.26. The number of methoxy groups -OCH3 is 1. The number of nitro benzene ring substituents is 1. The molecule has 136 valence electrons. The number of aryl methyl sites for hydroxylation is 2. The molecule has 0 radical (unpaired) electrons. The highest BCUT2D eigenvalue weighted by molar-refractivity contribution is 6.31. The van der Waals surface area contributed by atoms with E-state index >= 15 is 0 Å². The molecular weight excluding hydrogens is 338 g/mol. The summed E-state index contributed by atoms with van der Waals surface area (Å²) in [6.07, 6.45) is 0.992. The van der Waals surface area contributed by atoms with Crippen LogP contribution in [-0.2, 0) is 16.2 Å². The van der Waals surface area contributed by atoms with E-state index in [2.05, 4.69) is 10.5 Å². The second-order valence-electron chi connectivity index (χ2n) is 5.57. The first kappa shape index (κ1) is 18.9. The molecule has 1 N–H and O–H groups in total. The molecule has 0 aromatic heterocycles. The third-order valence-electron chi connectivity index (χ3n) is 3.62. The molecule has 8 heteroatoms. The maximum Gasteiger partial charge on any atom is 0.273 e. The number of carbonyl (C=O) groups is 1. The van der Waals surface area contributed by atoms with Crippen LogP contribution in [0.15, 0.2) is 41.6 Å². The molecule has 0 bridgehead atoms. The van der Waals surface area contributed by atoms with Gasteiger partial charge in [-0.25, -0.2) is 0 Å². The van der Waals surface area contributed by atoms with Gasteiger partial charge in [0.05, 0.1) is 23.8 Å². The van der Waals surface area contributed by atoms with Crippen molar-refractivity contribution >= 4 is 23.5 Å². The van der Waals surface area contributed by atoms with Crippen LogP contribution in [0.25, 0.3) is 0 Å². The lowest BCUT2D eigenvalue weighted by Gasteiger charge is -2.08. The van der Waals surface area contributed by atoms with Gasteiger partial charge in [0, 0.05) is 6.07 Å². The molecule has 2 aromatic rings. The molecule has 1 amide bonds. The first-order valence-corrected chi connectivity index (χ1v) is 7.75. The highest BCUT2D eigenvalue weighted by atomic mass is 16.6. The predicted octanol–water partition coefficient (Wildman–Crippen LogP) is 3.36. The summed E-state index contributed by atoms with van der Waals surface area (Å²) in [5.74, 6) is -0.365. The van der Waals surface area contributed by atoms with E-state index < -0.39 is 10.8 Å². The Hall–Kier alpha value is -3.42. The van der Waals surface area contributed by atoms with Gasteiger partial charge in [0.2, 0.25) is 0 Å². The number of nitrogens with zero attached hydrogens (tertiary/aromatic N) is 2. The van der Waals surface area contributed by atoms with Crippen molar-refractivity contribution in [3.05, 3.63) is 63.2 Å². The van der Waals surface area contributed by atoms with Gasteiger partial charge >= 0.3 is 0 Å². The number of oxime groups is 1. The number of nitro groups is 1. The van der Waals surface area contributed by atoms with Crippen LogP contribution in [0.1, 0.15) is 16.7 Å². The van der Waals surface area contributed by atoms with Gasteiger partial charge in [-0.3, -0.25) is 14.9 Å². The van der Waals surface area contributed by atoms with Gasteiger partial charge in [0.1, 0.15) is 18.6 Å². The number of ether oxygens (including phenoxy) is 1. The highest BCUT2D eigenvalue weighted by Gasteiger charge is 2.12. The zero-order valence-corrected chi connectivity index (χ0v) is 14.7. The summed E-state index contributed by atoms with van der Waals surface area (Å²) in [7, 11) is 1.36. The smallest absolute Gasteiger partial charge is 0.273 e. The average Bonchev–Trinajstić information content (AvgIpc) is 2.61. The van der Waals surface area contributed by atoms with Crippen LogP contribution in [0.3, 0.4) is 0 Å². The minimum Gasteiger partial charge on any atom is -0.494 e. The number of non-ortho nitro benzene ring substituents is 1. The number of hydrogen-bond donors (Lipinski definition) is 1. The van der Waals surface area contributed by atoms with Crippen molar-refractivity contribution in [2.45, 2.75) is 20.5 Å². The number of nitrogens with one attached hydrogen (secondary N) is 1. The second kappa shape index (κ2) is 8.61. The Morgan fingerprint density at radius 2 is 2.04 bits per heavy atom. The molecular formula is C18H19N3O5. The van der Waals surface area contributed by atoms with Crippen LogP contribution >= 0.6 is 0 Å². The Balaban J connectivity index is 1.95. The molecule has 0 unspecified atom stereocenters. The van der Waals surface area contributed by atoms with Gasteiger partial charge in [-0.05, 0) is 31.0 Å². The fourth-order valence-corrected chi connectivity index (χ4v) is 2.21. The third-order valence-corrected chi connectivity index (χ3v) is 3.62. The zero-order chi connectivity index (χ0) is 19.1. The molecule has 0 atom stereocenters. The molecule has 0 saturated carbocycles. The highest BCUT2D eigenvalue weighted by Crippen LogP contribution is 2.28. The van der Waals surface area contributed by atoms with Crippen molar-refractivity contribution in [3.8, 4) is 5.75 Å². The van der Waals surface area contributed by atoms with Crippen molar-refractivity contribution in [1.29, 1.82) is 0 Å². The summed E-state index contributed by atoms with van der Waals surface area (Å²) >= 11 is 0. The normalized spacial score (nSPS) is 10.6. The van der Waals surface area contributed by atoms with Gasteiger partial charge in [0.15, 0.2) is 0 Å². The van der Waals surface area contributed by atoms with Crippen LogP contribution in [-0.4, -0.2) is 24.2 Å². The summed E-state index contributed by atoms with van der Waals surface area (Å²) in [5, 5.41) is 16.9. The van der Waals surface area contributed by atoms with Gasteiger partial charge in [0.25, 0.3) is 11.6 Å². The van der Waals surface area contributed by atoms with Crippen molar-refractivity contribution in [2.24, 2.45) is 5.16 Å². The number of carbonyl (C=O) groups excluding carboxylic acids is 1. The Morgan fingerprint density at radius 3 is 2.73 bits per heavy atom. The number of anilines is 1. The SMILES string of the molecule is COc1cc([N+](=O)[O-])ccc1NC(=O)/C=N\OCc1cc(C)ccc1C. The van der Waals surface area contributed by atoms with Crippen molar-refractivity contribution in [3.63, 3.8) is 0 Å². The predicted molar refractivity (Wildman–Crippen MR) is 97.5 cm³/mol. The molecule has 0 fully saturated rings. The summed E-state index contributed by atoms with van der Waals surface area (Å²) < 4.78 is 5.05. The van der Waals surface area contributed by atoms with E-state index in [4.69, 9.17) is 9.57 Å².